The van der Waals surface area contributed by atoms with Crippen LogP contribution in [-0.2, 0) is 23.8 Å². The summed E-state index contributed by atoms with van der Waals surface area (Å²) in [6.45, 7) is 8.63. The van der Waals surface area contributed by atoms with Crippen molar-refractivity contribution in [3.05, 3.63) is 0 Å². The predicted molar refractivity (Wildman–Crippen MR) is 57.9 cm³/mol. The summed E-state index contributed by atoms with van der Waals surface area (Å²) in [5.74, 6) is -0.981. The lowest BCUT2D eigenvalue weighted by molar-refractivity contribution is -0.182. The molecule has 0 saturated heterocycles. The van der Waals surface area contributed by atoms with Crippen LogP contribution in [0.25, 0.3) is 0 Å². The van der Waals surface area contributed by atoms with E-state index in [2.05, 4.69) is 0 Å². The van der Waals surface area contributed by atoms with Gasteiger partial charge in [-0.1, -0.05) is 0 Å². The minimum atomic E-state index is -1.15. The van der Waals surface area contributed by atoms with Gasteiger partial charge in [0.2, 0.25) is 0 Å². The molecular formula is C11H20O5. The fourth-order valence-corrected chi connectivity index (χ4v) is 1.10. The van der Waals surface area contributed by atoms with Gasteiger partial charge in [0.15, 0.2) is 11.7 Å². The first-order valence-corrected chi connectivity index (χ1v) is 5.36. The highest BCUT2D eigenvalue weighted by molar-refractivity contribution is 5.80. The fraction of sp³-hybridized carbons (Fsp3) is 0.818. The SMILES string of the molecule is CCOC(=O)[C@@H](C)OC(C)(C)C(=O)OCC. The highest BCUT2D eigenvalue weighted by Crippen LogP contribution is 2.15. The lowest BCUT2D eigenvalue weighted by Crippen LogP contribution is -2.42. The molecule has 0 radical (unpaired) electrons. The van der Waals surface area contributed by atoms with Gasteiger partial charge in [0.05, 0.1) is 13.2 Å². The Morgan fingerprint density at radius 2 is 1.62 bits per heavy atom. The molecule has 0 aromatic carbocycles. The number of carbonyl (C=O) groups excluding carboxylic acids is 2. The molecule has 0 bridgehead atoms. The molecule has 0 fully saturated rings. The maximum atomic E-state index is 11.5. The highest BCUT2D eigenvalue weighted by atomic mass is 16.6. The van der Waals surface area contributed by atoms with Crippen LogP contribution in [0.2, 0.25) is 0 Å². The Labute approximate surface area is 96.1 Å². The largest absolute Gasteiger partial charge is 0.464 e. The second-order valence-electron chi connectivity index (χ2n) is 3.74. The van der Waals surface area contributed by atoms with Crippen LogP contribution >= 0.6 is 0 Å². The molecule has 0 aliphatic heterocycles. The monoisotopic (exact) mass is 232 g/mol. The van der Waals surface area contributed by atoms with Gasteiger partial charge in [-0.3, -0.25) is 0 Å². The fourth-order valence-electron chi connectivity index (χ4n) is 1.10. The molecule has 5 heteroatoms. The van der Waals surface area contributed by atoms with E-state index >= 15 is 0 Å². The van der Waals surface area contributed by atoms with Gasteiger partial charge in [-0.15, -0.1) is 0 Å². The van der Waals surface area contributed by atoms with E-state index in [0.29, 0.717) is 0 Å². The lowest BCUT2D eigenvalue weighted by Gasteiger charge is -2.25. The van der Waals surface area contributed by atoms with E-state index in [4.69, 9.17) is 14.2 Å². The molecule has 94 valence electrons. The van der Waals surface area contributed by atoms with E-state index in [9.17, 15) is 9.59 Å². The highest BCUT2D eigenvalue weighted by Gasteiger charge is 2.34. The summed E-state index contributed by atoms with van der Waals surface area (Å²) in [5, 5.41) is 0. The average molecular weight is 232 g/mol. The van der Waals surface area contributed by atoms with Crippen molar-refractivity contribution in [3.8, 4) is 0 Å². The van der Waals surface area contributed by atoms with Gasteiger partial charge < -0.3 is 14.2 Å². The standard InChI is InChI=1S/C11H20O5/c1-6-14-9(12)8(3)16-11(4,5)10(13)15-7-2/h8H,6-7H2,1-5H3/t8-/m1/s1. The van der Waals surface area contributed by atoms with Crippen molar-refractivity contribution >= 4 is 11.9 Å². The summed E-state index contributed by atoms with van der Waals surface area (Å²) in [4.78, 5) is 22.8. The molecular weight excluding hydrogens is 212 g/mol. The molecule has 1 atom stereocenters. The van der Waals surface area contributed by atoms with Gasteiger partial charge in [-0.2, -0.15) is 0 Å². The van der Waals surface area contributed by atoms with E-state index in [-0.39, 0.29) is 13.2 Å². The van der Waals surface area contributed by atoms with Crippen molar-refractivity contribution < 1.29 is 23.8 Å². The number of esters is 2. The second kappa shape index (κ2) is 6.48. The van der Waals surface area contributed by atoms with Crippen LogP contribution in [0.4, 0.5) is 0 Å². The third kappa shape index (κ3) is 4.61. The Kier molecular flexibility index (Phi) is 6.03. The van der Waals surface area contributed by atoms with Crippen molar-refractivity contribution in [2.45, 2.75) is 46.3 Å². The minimum Gasteiger partial charge on any atom is -0.464 e. The van der Waals surface area contributed by atoms with Crippen molar-refractivity contribution in [3.63, 3.8) is 0 Å². The second-order valence-corrected chi connectivity index (χ2v) is 3.74. The molecule has 0 rings (SSSR count). The van der Waals surface area contributed by atoms with Crippen LogP contribution in [0.3, 0.4) is 0 Å². The third-order valence-electron chi connectivity index (χ3n) is 1.86. The van der Waals surface area contributed by atoms with Gasteiger partial charge in [0.1, 0.15) is 0 Å². The van der Waals surface area contributed by atoms with Crippen molar-refractivity contribution in [1.82, 2.24) is 0 Å². The Bertz CT molecular complexity index is 247. The molecule has 0 aliphatic carbocycles. The van der Waals surface area contributed by atoms with Gasteiger partial charge in [-0.25, -0.2) is 9.59 Å². The Morgan fingerprint density at radius 1 is 1.12 bits per heavy atom. The van der Waals surface area contributed by atoms with E-state index in [1.807, 2.05) is 0 Å². The van der Waals surface area contributed by atoms with E-state index < -0.39 is 23.6 Å². The molecule has 0 amide bonds. The smallest absolute Gasteiger partial charge is 0.337 e. The summed E-state index contributed by atoms with van der Waals surface area (Å²) in [6.07, 6.45) is -0.792. The van der Waals surface area contributed by atoms with Crippen LogP contribution in [0.1, 0.15) is 34.6 Å². The molecule has 0 N–H and O–H groups in total. The summed E-state index contributed by atoms with van der Waals surface area (Å²) < 4.78 is 14.9. The minimum absolute atomic E-state index is 0.277. The maximum Gasteiger partial charge on any atom is 0.337 e. The van der Waals surface area contributed by atoms with Crippen molar-refractivity contribution in [2.24, 2.45) is 0 Å². The number of hydrogen-bond donors (Lipinski definition) is 0. The maximum absolute atomic E-state index is 11.5. The van der Waals surface area contributed by atoms with Crippen LogP contribution in [0.15, 0.2) is 0 Å². The van der Waals surface area contributed by atoms with Crippen molar-refractivity contribution in [2.75, 3.05) is 13.2 Å². The van der Waals surface area contributed by atoms with Crippen LogP contribution < -0.4 is 0 Å². The van der Waals surface area contributed by atoms with E-state index in [1.54, 1.807) is 34.6 Å². The van der Waals surface area contributed by atoms with E-state index in [1.165, 1.54) is 0 Å². The zero-order chi connectivity index (χ0) is 12.8. The van der Waals surface area contributed by atoms with Gasteiger partial charge in [-0.05, 0) is 34.6 Å². The summed E-state index contributed by atoms with van der Waals surface area (Å²) in [6, 6.07) is 0. The summed E-state index contributed by atoms with van der Waals surface area (Å²) >= 11 is 0. The first-order chi connectivity index (χ1) is 7.35. The van der Waals surface area contributed by atoms with Gasteiger partial charge in [0.25, 0.3) is 0 Å². The molecule has 0 aromatic heterocycles. The van der Waals surface area contributed by atoms with Gasteiger partial charge in [0, 0.05) is 0 Å². The molecule has 0 heterocycles. The van der Waals surface area contributed by atoms with Crippen LogP contribution in [0.5, 0.6) is 0 Å². The first kappa shape index (κ1) is 14.9. The number of ether oxygens (including phenoxy) is 3. The first-order valence-electron chi connectivity index (χ1n) is 5.36. The zero-order valence-electron chi connectivity index (χ0n) is 10.5. The summed E-state index contributed by atoms with van der Waals surface area (Å²) in [5.41, 5.74) is -1.15. The molecule has 0 spiro atoms. The zero-order valence-corrected chi connectivity index (χ0v) is 10.5. The predicted octanol–water partition coefficient (Wildman–Crippen LogP) is 1.30. The molecule has 16 heavy (non-hydrogen) atoms. The lowest BCUT2D eigenvalue weighted by atomic mass is 10.1. The normalized spacial score (nSPS) is 13.1. The molecule has 0 unspecified atom stereocenters. The van der Waals surface area contributed by atoms with Gasteiger partial charge >= 0.3 is 11.9 Å². The molecule has 0 saturated carbocycles. The molecule has 0 aromatic rings. The Hall–Kier alpha value is -1.10. The van der Waals surface area contributed by atoms with Crippen LogP contribution in [0, 0.1) is 0 Å². The third-order valence-corrected chi connectivity index (χ3v) is 1.86. The molecule has 5 nitrogen and oxygen atoms in total. The van der Waals surface area contributed by atoms with Crippen molar-refractivity contribution in [1.29, 1.82) is 0 Å². The number of hydrogen-bond acceptors (Lipinski definition) is 5. The number of rotatable bonds is 6. The van der Waals surface area contributed by atoms with Crippen LogP contribution in [-0.4, -0.2) is 36.9 Å². The van der Waals surface area contributed by atoms with E-state index in [0.717, 1.165) is 0 Å². The number of carbonyl (C=O) groups is 2. The Morgan fingerprint density at radius 3 is 2.06 bits per heavy atom. The molecule has 0 aliphatic rings. The quantitative estimate of drug-likeness (QED) is 0.646. The topological polar surface area (TPSA) is 61.8 Å². The average Bonchev–Trinajstić information content (AvgIpc) is 2.17. The summed E-state index contributed by atoms with van der Waals surface area (Å²) in [7, 11) is 0. The Balaban J connectivity index is 4.34.